The van der Waals surface area contributed by atoms with E-state index in [9.17, 15) is 4.79 Å². The smallest absolute Gasteiger partial charge is 0.221 e. The lowest BCUT2D eigenvalue weighted by molar-refractivity contribution is -0.121. The van der Waals surface area contributed by atoms with Gasteiger partial charge in [0.05, 0.1) is 6.61 Å². The first kappa shape index (κ1) is 13.7. The maximum Gasteiger partial charge on any atom is 0.221 e. The average molecular weight is 259 g/mol. The summed E-state index contributed by atoms with van der Waals surface area (Å²) in [6, 6.07) is 1.60. The van der Waals surface area contributed by atoms with Crippen molar-refractivity contribution in [1.82, 2.24) is 15.3 Å². The molecule has 0 unspecified atom stereocenters. The number of carbonyl (C=O) groups excluding carboxylic acids is 1. The molecule has 0 aliphatic rings. The summed E-state index contributed by atoms with van der Waals surface area (Å²) in [5.74, 6) is 0.574. The van der Waals surface area contributed by atoms with Crippen molar-refractivity contribution in [2.75, 3.05) is 32.1 Å². The maximum absolute atomic E-state index is 11.3. The Morgan fingerprint density at radius 3 is 3.00 bits per heavy atom. The molecule has 1 heterocycles. The van der Waals surface area contributed by atoms with Crippen molar-refractivity contribution in [3.8, 4) is 0 Å². The number of halogens is 1. The van der Waals surface area contributed by atoms with Gasteiger partial charge in [-0.3, -0.25) is 4.79 Å². The van der Waals surface area contributed by atoms with E-state index in [0.717, 1.165) is 0 Å². The Labute approximate surface area is 105 Å². The Hall–Kier alpha value is -1.40. The molecule has 0 atom stereocenters. The van der Waals surface area contributed by atoms with Gasteiger partial charge in [0.15, 0.2) is 0 Å². The van der Waals surface area contributed by atoms with Crippen LogP contribution in [0, 0.1) is 0 Å². The van der Waals surface area contributed by atoms with Gasteiger partial charge in [0.25, 0.3) is 0 Å². The predicted octanol–water partition coefficient (Wildman–Crippen LogP) is 0.695. The third kappa shape index (κ3) is 6.03. The van der Waals surface area contributed by atoms with Gasteiger partial charge >= 0.3 is 0 Å². The second-order valence-corrected chi connectivity index (χ2v) is 3.63. The molecule has 0 bridgehead atoms. The first-order chi connectivity index (χ1) is 8.22. The van der Waals surface area contributed by atoms with Crippen LogP contribution >= 0.6 is 11.6 Å². The number of carbonyl (C=O) groups is 1. The van der Waals surface area contributed by atoms with Crippen LogP contribution in [0.1, 0.15) is 6.42 Å². The van der Waals surface area contributed by atoms with E-state index in [1.54, 1.807) is 13.2 Å². The van der Waals surface area contributed by atoms with Gasteiger partial charge in [-0.2, -0.15) is 0 Å². The highest BCUT2D eigenvalue weighted by molar-refractivity contribution is 6.29. The number of anilines is 1. The molecule has 7 heteroatoms. The topological polar surface area (TPSA) is 76.1 Å². The highest BCUT2D eigenvalue weighted by Crippen LogP contribution is 2.07. The number of methoxy groups -OCH3 is 1. The van der Waals surface area contributed by atoms with Crippen molar-refractivity contribution in [2.24, 2.45) is 0 Å². The zero-order valence-electron chi connectivity index (χ0n) is 9.57. The molecule has 0 fully saturated rings. The van der Waals surface area contributed by atoms with Crippen LogP contribution < -0.4 is 10.6 Å². The summed E-state index contributed by atoms with van der Waals surface area (Å²) in [7, 11) is 1.59. The molecular weight excluding hydrogens is 244 g/mol. The Morgan fingerprint density at radius 2 is 2.29 bits per heavy atom. The minimum atomic E-state index is -0.0327. The molecule has 0 radical (unpaired) electrons. The Bertz CT molecular complexity index is 362. The summed E-state index contributed by atoms with van der Waals surface area (Å²) in [6.07, 6.45) is 1.73. The molecule has 0 aromatic carbocycles. The molecule has 1 rings (SSSR count). The summed E-state index contributed by atoms with van der Waals surface area (Å²) in [5, 5.41) is 6.07. The Kier molecular flexibility index (Phi) is 6.27. The van der Waals surface area contributed by atoms with Crippen LogP contribution in [0.5, 0.6) is 0 Å². The van der Waals surface area contributed by atoms with Gasteiger partial charge in [0.2, 0.25) is 5.91 Å². The van der Waals surface area contributed by atoms with Crippen molar-refractivity contribution in [2.45, 2.75) is 6.42 Å². The van der Waals surface area contributed by atoms with Gasteiger partial charge in [0, 0.05) is 32.7 Å². The molecule has 0 aliphatic heterocycles. The lowest BCUT2D eigenvalue weighted by Gasteiger charge is -2.06. The first-order valence-electron chi connectivity index (χ1n) is 5.19. The fourth-order valence-corrected chi connectivity index (χ4v) is 1.26. The zero-order valence-corrected chi connectivity index (χ0v) is 10.3. The van der Waals surface area contributed by atoms with E-state index < -0.39 is 0 Å². The number of rotatable bonds is 7. The van der Waals surface area contributed by atoms with Gasteiger partial charge in [-0.05, 0) is 0 Å². The summed E-state index contributed by atoms with van der Waals surface area (Å²) in [5.41, 5.74) is 0. The number of nitrogens with one attached hydrogen (secondary N) is 2. The molecule has 94 valence electrons. The maximum atomic E-state index is 11.3. The molecule has 1 aromatic rings. The van der Waals surface area contributed by atoms with Crippen molar-refractivity contribution >= 4 is 23.3 Å². The van der Waals surface area contributed by atoms with E-state index in [0.29, 0.717) is 37.1 Å². The number of amides is 1. The van der Waals surface area contributed by atoms with E-state index in [4.69, 9.17) is 16.3 Å². The highest BCUT2D eigenvalue weighted by Gasteiger charge is 2.01. The lowest BCUT2D eigenvalue weighted by Crippen LogP contribution is -2.28. The number of aromatic nitrogens is 2. The largest absolute Gasteiger partial charge is 0.383 e. The van der Waals surface area contributed by atoms with Crippen LogP contribution in [-0.2, 0) is 9.53 Å². The summed E-state index contributed by atoms with van der Waals surface area (Å²) < 4.78 is 4.82. The van der Waals surface area contributed by atoms with Crippen LogP contribution in [-0.4, -0.2) is 42.7 Å². The van der Waals surface area contributed by atoms with E-state index in [-0.39, 0.29) is 5.91 Å². The molecule has 6 nitrogen and oxygen atoms in total. The Balaban J connectivity index is 2.17. The molecule has 0 saturated heterocycles. The molecule has 1 amide bonds. The molecule has 0 aliphatic carbocycles. The standard InChI is InChI=1S/C10H15ClN4O2/c1-17-5-4-13-10(16)2-3-12-9-6-8(11)14-7-15-9/h6-7H,2-5H2,1H3,(H,13,16)(H,12,14,15). The number of nitrogens with zero attached hydrogens (tertiary/aromatic N) is 2. The molecular formula is C10H15ClN4O2. The monoisotopic (exact) mass is 258 g/mol. The van der Waals surface area contributed by atoms with Crippen LogP contribution in [0.3, 0.4) is 0 Å². The molecule has 1 aromatic heterocycles. The third-order valence-corrected chi connectivity index (χ3v) is 2.13. The quantitative estimate of drug-likeness (QED) is 0.556. The fraction of sp³-hybridized carbons (Fsp3) is 0.500. The molecule has 17 heavy (non-hydrogen) atoms. The van der Waals surface area contributed by atoms with E-state index in [1.807, 2.05) is 0 Å². The fourth-order valence-electron chi connectivity index (χ4n) is 1.12. The number of hydrogen-bond donors (Lipinski definition) is 2. The first-order valence-corrected chi connectivity index (χ1v) is 5.57. The van der Waals surface area contributed by atoms with Crippen LogP contribution in [0.25, 0.3) is 0 Å². The molecule has 0 saturated carbocycles. The van der Waals surface area contributed by atoms with Crippen LogP contribution in [0.4, 0.5) is 5.82 Å². The van der Waals surface area contributed by atoms with E-state index in [1.165, 1.54) is 6.33 Å². The van der Waals surface area contributed by atoms with Crippen LogP contribution in [0.2, 0.25) is 5.15 Å². The van der Waals surface area contributed by atoms with Gasteiger partial charge in [0.1, 0.15) is 17.3 Å². The van der Waals surface area contributed by atoms with E-state index >= 15 is 0 Å². The third-order valence-electron chi connectivity index (χ3n) is 1.92. The lowest BCUT2D eigenvalue weighted by atomic mass is 10.4. The second kappa shape index (κ2) is 7.81. The van der Waals surface area contributed by atoms with Crippen molar-refractivity contribution in [3.63, 3.8) is 0 Å². The normalized spacial score (nSPS) is 10.0. The number of ether oxygens (including phenoxy) is 1. The van der Waals surface area contributed by atoms with Crippen molar-refractivity contribution in [3.05, 3.63) is 17.5 Å². The number of hydrogen-bond acceptors (Lipinski definition) is 5. The van der Waals surface area contributed by atoms with Gasteiger partial charge in [-0.15, -0.1) is 0 Å². The summed E-state index contributed by atoms with van der Waals surface area (Å²) >= 11 is 5.69. The van der Waals surface area contributed by atoms with Crippen LogP contribution in [0.15, 0.2) is 12.4 Å². The minimum absolute atomic E-state index is 0.0327. The average Bonchev–Trinajstić information content (AvgIpc) is 2.29. The molecule has 0 spiro atoms. The highest BCUT2D eigenvalue weighted by atomic mass is 35.5. The summed E-state index contributed by atoms with van der Waals surface area (Å²) in [6.45, 7) is 1.53. The zero-order chi connectivity index (χ0) is 12.5. The SMILES string of the molecule is COCCNC(=O)CCNc1cc(Cl)ncn1. The minimum Gasteiger partial charge on any atom is -0.383 e. The van der Waals surface area contributed by atoms with Crippen molar-refractivity contribution in [1.29, 1.82) is 0 Å². The Morgan fingerprint density at radius 1 is 1.47 bits per heavy atom. The van der Waals surface area contributed by atoms with Gasteiger partial charge < -0.3 is 15.4 Å². The van der Waals surface area contributed by atoms with Gasteiger partial charge in [-0.25, -0.2) is 9.97 Å². The molecule has 2 N–H and O–H groups in total. The summed E-state index contributed by atoms with van der Waals surface area (Å²) in [4.78, 5) is 19.0. The van der Waals surface area contributed by atoms with Crippen molar-refractivity contribution < 1.29 is 9.53 Å². The predicted molar refractivity (Wildman–Crippen MR) is 65.0 cm³/mol. The second-order valence-electron chi connectivity index (χ2n) is 3.25. The van der Waals surface area contributed by atoms with E-state index in [2.05, 4.69) is 20.6 Å². The van der Waals surface area contributed by atoms with Gasteiger partial charge in [-0.1, -0.05) is 11.6 Å².